The summed E-state index contributed by atoms with van der Waals surface area (Å²) < 4.78 is 10.5. The van der Waals surface area contributed by atoms with E-state index in [1.54, 1.807) is 54.6 Å². The number of aromatic amines is 1. The van der Waals surface area contributed by atoms with Crippen molar-refractivity contribution in [3.8, 4) is 5.75 Å². The Bertz CT molecular complexity index is 1430. The van der Waals surface area contributed by atoms with Crippen molar-refractivity contribution in [2.24, 2.45) is 11.8 Å². The van der Waals surface area contributed by atoms with E-state index in [2.05, 4.69) is 41.7 Å². The number of amides is 3. The molecule has 11 nitrogen and oxygen atoms in total. The van der Waals surface area contributed by atoms with Crippen LogP contribution < -0.4 is 20.7 Å². The lowest BCUT2D eigenvalue weighted by molar-refractivity contribution is -0.132. The minimum absolute atomic E-state index is 0. The van der Waals surface area contributed by atoms with Gasteiger partial charge in [0.1, 0.15) is 11.4 Å². The molecule has 2 heterocycles. The number of H-pyrrole nitrogens is 1. The van der Waals surface area contributed by atoms with Gasteiger partial charge >= 0.3 is 5.97 Å². The van der Waals surface area contributed by atoms with Crippen molar-refractivity contribution in [3.63, 3.8) is 0 Å². The van der Waals surface area contributed by atoms with E-state index in [9.17, 15) is 24.0 Å². The van der Waals surface area contributed by atoms with Gasteiger partial charge < -0.3 is 30.4 Å². The van der Waals surface area contributed by atoms with E-state index < -0.39 is 48.7 Å². The Labute approximate surface area is 257 Å². The molecule has 0 saturated carbocycles. The van der Waals surface area contributed by atoms with E-state index in [0.717, 1.165) is 17.7 Å². The SMILES string of the molecule is CC(C)C.COc1cccc2[nH]c(C(=O)NCC(=O)N[C@@H](C[C@@H]3CCCNC3=O)C(=O)COC(=O)c3ccccc3)cc12.[HH].[HH].[HH].[HH]. The van der Waals surface area contributed by atoms with Crippen LogP contribution in [0.15, 0.2) is 54.6 Å². The van der Waals surface area contributed by atoms with Crippen LogP contribution in [0.25, 0.3) is 10.9 Å². The van der Waals surface area contributed by atoms with Crippen molar-refractivity contribution in [3.05, 3.63) is 65.9 Å². The summed E-state index contributed by atoms with van der Waals surface area (Å²) >= 11 is 0. The molecular formula is C32H48N4O7. The molecule has 43 heavy (non-hydrogen) atoms. The number of piperidine rings is 1. The molecule has 3 amide bonds. The maximum absolute atomic E-state index is 13.0. The summed E-state index contributed by atoms with van der Waals surface area (Å²) in [6, 6.07) is 14.1. The average Bonchev–Trinajstić information content (AvgIpc) is 3.44. The number of nitrogens with one attached hydrogen (secondary N) is 4. The summed E-state index contributed by atoms with van der Waals surface area (Å²) in [4.78, 5) is 65.9. The number of rotatable bonds is 11. The monoisotopic (exact) mass is 600 g/mol. The Morgan fingerprint density at radius 3 is 2.44 bits per heavy atom. The standard InChI is InChI=1S/C28H30N4O7.C4H10.4H2/c1-38-24-11-5-10-20-19(24)14-22(31-20)27(36)30-15-25(34)32-21(13-18-9-6-12-29-26(18)35)23(33)16-39-28(37)17-7-3-2-4-8-17;1-4(2)3;;;;/h2-5,7-8,10-11,14,18,21,31H,6,9,12-13,15-16H2,1H3,(H,29,35)(H,30,36)(H,32,34);4H,1-3H3;4*1H/t18-,21-;;;;;/m0...../s1. The van der Waals surface area contributed by atoms with E-state index in [0.29, 0.717) is 24.2 Å². The van der Waals surface area contributed by atoms with Gasteiger partial charge in [-0.05, 0) is 55.5 Å². The molecule has 0 aliphatic carbocycles. The van der Waals surface area contributed by atoms with Crippen LogP contribution in [0.5, 0.6) is 5.75 Å². The Hall–Kier alpha value is -4.67. The van der Waals surface area contributed by atoms with Gasteiger partial charge in [0.25, 0.3) is 5.91 Å². The third-order valence-corrected chi connectivity index (χ3v) is 6.50. The second kappa shape index (κ2) is 16.1. The summed E-state index contributed by atoms with van der Waals surface area (Å²) in [6.45, 7) is 6.08. The zero-order valence-corrected chi connectivity index (χ0v) is 25.0. The van der Waals surface area contributed by atoms with Gasteiger partial charge in [-0.1, -0.05) is 45.0 Å². The largest absolute Gasteiger partial charge is 0.496 e. The fourth-order valence-corrected chi connectivity index (χ4v) is 4.44. The van der Waals surface area contributed by atoms with Crippen molar-refractivity contribution in [2.75, 3.05) is 26.8 Å². The molecule has 0 bridgehead atoms. The van der Waals surface area contributed by atoms with Crippen molar-refractivity contribution < 1.29 is 39.2 Å². The predicted octanol–water partition coefficient (Wildman–Crippen LogP) is 4.38. The highest BCUT2D eigenvalue weighted by atomic mass is 16.5. The van der Waals surface area contributed by atoms with E-state index in [1.165, 1.54) is 7.11 Å². The third kappa shape index (κ3) is 9.98. The Morgan fingerprint density at radius 1 is 1.05 bits per heavy atom. The molecule has 1 aliphatic heterocycles. The van der Waals surface area contributed by atoms with Crippen molar-refractivity contribution in [1.82, 2.24) is 20.9 Å². The Balaban J connectivity index is 0. The molecule has 0 spiro atoms. The molecule has 0 radical (unpaired) electrons. The fourth-order valence-electron chi connectivity index (χ4n) is 4.44. The van der Waals surface area contributed by atoms with Crippen LogP contribution in [-0.4, -0.2) is 67.3 Å². The van der Waals surface area contributed by atoms with E-state index in [1.807, 2.05) is 0 Å². The molecule has 4 rings (SSSR count). The smallest absolute Gasteiger partial charge is 0.338 e. The number of fused-ring (bicyclic) bond motifs is 1. The normalized spacial score (nSPS) is 15.0. The van der Waals surface area contributed by atoms with Gasteiger partial charge in [-0.2, -0.15) is 0 Å². The van der Waals surface area contributed by atoms with Crippen LogP contribution in [-0.2, 0) is 19.1 Å². The molecule has 1 aromatic heterocycles. The van der Waals surface area contributed by atoms with Crippen LogP contribution in [0.2, 0.25) is 0 Å². The van der Waals surface area contributed by atoms with Gasteiger partial charge in [-0.15, -0.1) is 0 Å². The van der Waals surface area contributed by atoms with Crippen molar-refractivity contribution in [1.29, 1.82) is 0 Å². The number of esters is 1. The van der Waals surface area contributed by atoms with Crippen LogP contribution in [0.3, 0.4) is 0 Å². The highest BCUT2D eigenvalue weighted by Gasteiger charge is 2.30. The number of hydrogen-bond acceptors (Lipinski definition) is 7. The summed E-state index contributed by atoms with van der Waals surface area (Å²) in [5.41, 5.74) is 1.22. The number of carbonyl (C=O) groups excluding carboxylic acids is 5. The summed E-state index contributed by atoms with van der Waals surface area (Å²) in [6.07, 6.45) is 1.37. The first-order valence-electron chi connectivity index (χ1n) is 14.3. The first-order chi connectivity index (χ1) is 20.6. The zero-order chi connectivity index (χ0) is 31.4. The molecule has 3 aromatic rings. The highest BCUT2D eigenvalue weighted by Crippen LogP contribution is 2.26. The first kappa shape index (κ1) is 32.8. The summed E-state index contributed by atoms with van der Waals surface area (Å²) in [7, 11) is 1.53. The number of methoxy groups -OCH3 is 1. The average molecular weight is 601 g/mol. The van der Waals surface area contributed by atoms with E-state index in [-0.39, 0.29) is 29.3 Å². The van der Waals surface area contributed by atoms with Gasteiger partial charge in [-0.3, -0.25) is 19.2 Å². The molecule has 2 atom stereocenters. The number of ketones is 1. The number of carbonyl (C=O) groups is 5. The second-order valence-electron chi connectivity index (χ2n) is 10.9. The Kier molecular flexibility index (Phi) is 12.3. The van der Waals surface area contributed by atoms with Crippen LogP contribution in [0.1, 0.15) is 66.6 Å². The first-order valence-corrected chi connectivity index (χ1v) is 14.3. The Morgan fingerprint density at radius 2 is 1.77 bits per heavy atom. The maximum Gasteiger partial charge on any atom is 0.338 e. The predicted molar refractivity (Wildman–Crippen MR) is 170 cm³/mol. The third-order valence-electron chi connectivity index (χ3n) is 6.50. The molecule has 2 aromatic carbocycles. The quantitative estimate of drug-likeness (QED) is 0.238. The lowest BCUT2D eigenvalue weighted by atomic mass is 9.90. The van der Waals surface area contributed by atoms with Crippen LogP contribution in [0.4, 0.5) is 0 Å². The number of Topliss-reactive ketones (excluding diaryl/α,β-unsaturated/α-hetero) is 1. The molecule has 0 unspecified atom stereocenters. The van der Waals surface area contributed by atoms with Gasteiger partial charge in [-0.25, -0.2) is 4.79 Å². The number of benzene rings is 2. The number of aromatic nitrogens is 1. The van der Waals surface area contributed by atoms with E-state index in [4.69, 9.17) is 9.47 Å². The minimum Gasteiger partial charge on any atom is -0.496 e. The van der Waals surface area contributed by atoms with Gasteiger partial charge in [0.05, 0.1) is 25.3 Å². The molecule has 11 heteroatoms. The van der Waals surface area contributed by atoms with Crippen LogP contribution in [0, 0.1) is 11.8 Å². The van der Waals surface area contributed by atoms with Crippen molar-refractivity contribution >= 4 is 40.4 Å². The molecule has 238 valence electrons. The van der Waals surface area contributed by atoms with Gasteiger partial charge in [0.15, 0.2) is 12.4 Å². The number of ether oxygens (including phenoxy) is 2. The molecule has 1 saturated heterocycles. The van der Waals surface area contributed by atoms with Crippen molar-refractivity contribution in [2.45, 2.75) is 46.1 Å². The molecule has 4 N–H and O–H groups in total. The second-order valence-corrected chi connectivity index (χ2v) is 10.9. The van der Waals surface area contributed by atoms with Gasteiger partial charge in [0.2, 0.25) is 11.8 Å². The molecular weight excluding hydrogens is 552 g/mol. The fraction of sp³-hybridized carbons (Fsp3) is 0.406. The lowest BCUT2D eigenvalue weighted by Gasteiger charge is -2.26. The maximum atomic E-state index is 13.0. The molecule has 1 aliphatic rings. The summed E-state index contributed by atoms with van der Waals surface area (Å²) in [5.74, 6) is -1.62. The zero-order valence-electron chi connectivity index (χ0n) is 25.0. The minimum atomic E-state index is -1.08. The summed E-state index contributed by atoms with van der Waals surface area (Å²) in [5, 5.41) is 8.60. The highest BCUT2D eigenvalue weighted by molar-refractivity contribution is 6.01. The lowest BCUT2D eigenvalue weighted by Crippen LogP contribution is -2.49. The van der Waals surface area contributed by atoms with E-state index >= 15 is 0 Å². The van der Waals surface area contributed by atoms with Gasteiger partial charge in [0, 0.05) is 29.1 Å². The topological polar surface area (TPSA) is 156 Å². The molecule has 1 fully saturated rings. The van der Waals surface area contributed by atoms with Crippen LogP contribution >= 0.6 is 0 Å². The number of hydrogen-bond donors (Lipinski definition) is 4.